The normalized spacial score (nSPS) is 14.5. The van der Waals surface area contributed by atoms with Crippen molar-refractivity contribution in [3.8, 4) is 22.8 Å². The molecular weight excluding hydrogens is 466 g/mol. The molecule has 2 aromatic carbocycles. The quantitative estimate of drug-likeness (QED) is 0.397. The summed E-state index contributed by atoms with van der Waals surface area (Å²) in [6.45, 7) is 9.64. The van der Waals surface area contributed by atoms with E-state index in [4.69, 9.17) is 14.1 Å². The number of carbonyl (C=O) groups excluding carboxylic acids is 2. The number of carbonyl (C=O) groups is 2. The number of hydrogen-bond donors (Lipinski definition) is 0. The van der Waals surface area contributed by atoms with E-state index < -0.39 is 0 Å². The van der Waals surface area contributed by atoms with Crippen molar-refractivity contribution in [2.45, 2.75) is 46.0 Å². The van der Waals surface area contributed by atoms with Gasteiger partial charge in [0.05, 0.1) is 12.5 Å². The van der Waals surface area contributed by atoms with Gasteiger partial charge in [-0.05, 0) is 55.0 Å². The van der Waals surface area contributed by atoms with Gasteiger partial charge in [-0.3, -0.25) is 9.59 Å². The van der Waals surface area contributed by atoms with E-state index in [9.17, 15) is 9.59 Å². The highest BCUT2D eigenvalue weighted by atomic mass is 16.5. The molecule has 1 aliphatic rings. The molecular formula is C30H37N3O4. The van der Waals surface area contributed by atoms with E-state index in [1.807, 2.05) is 62.3 Å². The number of aromatic nitrogens is 1. The van der Waals surface area contributed by atoms with Crippen molar-refractivity contribution < 1.29 is 18.7 Å². The molecule has 0 saturated carbocycles. The summed E-state index contributed by atoms with van der Waals surface area (Å²) < 4.78 is 11.5. The number of hydrogen-bond acceptors (Lipinski definition) is 6. The summed E-state index contributed by atoms with van der Waals surface area (Å²) in [7, 11) is 3.95. The van der Waals surface area contributed by atoms with Gasteiger partial charge in [-0.15, -0.1) is 0 Å². The number of benzene rings is 2. The highest BCUT2D eigenvalue weighted by Gasteiger charge is 2.32. The zero-order valence-electron chi connectivity index (χ0n) is 22.7. The number of piperidine rings is 1. The molecule has 37 heavy (non-hydrogen) atoms. The summed E-state index contributed by atoms with van der Waals surface area (Å²) in [6.07, 6.45) is 1.16. The molecule has 1 saturated heterocycles. The SMILES string of the molecule is CCOC(=O)C1CCN(C(=O)c2nc(-c3ccc(C(C)(C)C)cc3)oc2-c2cccc(N(C)C)c2)CC1. The zero-order valence-corrected chi connectivity index (χ0v) is 22.7. The average molecular weight is 504 g/mol. The summed E-state index contributed by atoms with van der Waals surface area (Å²) in [6, 6.07) is 16.0. The molecule has 4 rings (SSSR count). The van der Waals surface area contributed by atoms with E-state index >= 15 is 0 Å². The molecule has 1 amide bonds. The second-order valence-electron chi connectivity index (χ2n) is 10.8. The number of anilines is 1. The highest BCUT2D eigenvalue weighted by Crippen LogP contribution is 2.34. The number of nitrogens with zero attached hydrogens (tertiary/aromatic N) is 3. The first-order valence-electron chi connectivity index (χ1n) is 12.9. The lowest BCUT2D eigenvalue weighted by molar-refractivity contribution is -0.149. The molecule has 196 valence electrons. The number of rotatable bonds is 6. The highest BCUT2D eigenvalue weighted by molar-refractivity contribution is 5.98. The van der Waals surface area contributed by atoms with Gasteiger partial charge < -0.3 is 19.0 Å². The van der Waals surface area contributed by atoms with Crippen LogP contribution in [-0.4, -0.2) is 55.6 Å². The van der Waals surface area contributed by atoms with Crippen molar-refractivity contribution in [2.24, 2.45) is 5.92 Å². The molecule has 0 aliphatic carbocycles. The molecule has 0 unspecified atom stereocenters. The summed E-state index contributed by atoms with van der Waals surface area (Å²) in [4.78, 5) is 34.4. The maximum Gasteiger partial charge on any atom is 0.309 e. The average Bonchev–Trinajstić information content (AvgIpc) is 3.34. The van der Waals surface area contributed by atoms with Gasteiger partial charge in [-0.1, -0.05) is 45.0 Å². The van der Waals surface area contributed by atoms with Gasteiger partial charge in [-0.25, -0.2) is 4.98 Å². The van der Waals surface area contributed by atoms with Crippen LogP contribution < -0.4 is 4.90 Å². The van der Waals surface area contributed by atoms with Gasteiger partial charge in [0.15, 0.2) is 11.5 Å². The van der Waals surface area contributed by atoms with Gasteiger partial charge in [0.25, 0.3) is 5.91 Å². The molecule has 1 aromatic heterocycles. The molecule has 0 radical (unpaired) electrons. The topological polar surface area (TPSA) is 75.9 Å². The summed E-state index contributed by atoms with van der Waals surface area (Å²) >= 11 is 0. The first kappa shape index (κ1) is 26.5. The van der Waals surface area contributed by atoms with Gasteiger partial charge in [0.1, 0.15) is 0 Å². The molecule has 0 N–H and O–H groups in total. The van der Waals surface area contributed by atoms with Crippen LogP contribution in [0.2, 0.25) is 0 Å². The number of ether oxygens (including phenoxy) is 1. The smallest absolute Gasteiger partial charge is 0.309 e. The molecule has 2 heterocycles. The minimum atomic E-state index is -0.186. The second-order valence-corrected chi connectivity index (χ2v) is 10.8. The van der Waals surface area contributed by atoms with Crippen molar-refractivity contribution in [3.63, 3.8) is 0 Å². The Labute approximate surface area is 219 Å². The maximum atomic E-state index is 13.7. The predicted molar refractivity (Wildman–Crippen MR) is 146 cm³/mol. The summed E-state index contributed by atoms with van der Waals surface area (Å²) in [5, 5.41) is 0. The van der Waals surface area contributed by atoms with Crippen molar-refractivity contribution in [2.75, 3.05) is 38.7 Å². The Morgan fingerprint density at radius 2 is 1.73 bits per heavy atom. The Morgan fingerprint density at radius 1 is 1.05 bits per heavy atom. The van der Waals surface area contributed by atoms with Crippen LogP contribution in [0.15, 0.2) is 52.9 Å². The fraction of sp³-hybridized carbons (Fsp3) is 0.433. The minimum absolute atomic E-state index is 0.0314. The van der Waals surface area contributed by atoms with E-state index in [1.165, 1.54) is 5.56 Å². The third kappa shape index (κ3) is 5.87. The first-order chi connectivity index (χ1) is 17.6. The van der Waals surface area contributed by atoms with Crippen LogP contribution in [-0.2, 0) is 14.9 Å². The van der Waals surface area contributed by atoms with Crippen LogP contribution in [0.25, 0.3) is 22.8 Å². The molecule has 3 aromatic rings. The zero-order chi connectivity index (χ0) is 26.7. The van der Waals surface area contributed by atoms with Crippen LogP contribution in [0.1, 0.15) is 56.6 Å². The Kier molecular flexibility index (Phi) is 7.71. The number of likely N-dealkylation sites (tertiary alicyclic amines) is 1. The molecule has 0 atom stereocenters. The monoisotopic (exact) mass is 503 g/mol. The Bertz CT molecular complexity index is 1250. The predicted octanol–water partition coefficient (Wildman–Crippen LogP) is 5.79. The van der Waals surface area contributed by atoms with Crippen molar-refractivity contribution >= 4 is 17.6 Å². The molecule has 1 aliphatic heterocycles. The van der Waals surface area contributed by atoms with Crippen LogP contribution in [0.5, 0.6) is 0 Å². The maximum absolute atomic E-state index is 13.7. The third-order valence-corrected chi connectivity index (χ3v) is 6.85. The molecule has 1 fully saturated rings. The van der Waals surface area contributed by atoms with Gasteiger partial charge in [-0.2, -0.15) is 0 Å². The lowest BCUT2D eigenvalue weighted by Gasteiger charge is -2.30. The van der Waals surface area contributed by atoms with E-state index in [0.717, 1.165) is 16.8 Å². The Hall–Kier alpha value is -3.61. The largest absolute Gasteiger partial charge is 0.466 e. The van der Waals surface area contributed by atoms with Crippen LogP contribution in [0, 0.1) is 5.92 Å². The standard InChI is InChI=1S/C30H37N3O4/c1-7-36-29(35)21-15-17-33(18-16-21)28(34)25-26(22-9-8-10-24(19-22)32(5)6)37-27(31-25)20-11-13-23(14-12-20)30(2,3)4/h8-14,19,21H,7,15-18H2,1-6H3. The second kappa shape index (κ2) is 10.8. The molecule has 7 heteroatoms. The lowest BCUT2D eigenvalue weighted by atomic mass is 9.87. The molecule has 7 nitrogen and oxygen atoms in total. The summed E-state index contributed by atoms with van der Waals surface area (Å²) in [5.41, 5.74) is 4.14. The van der Waals surface area contributed by atoms with E-state index in [1.54, 1.807) is 4.90 Å². The van der Waals surface area contributed by atoms with E-state index in [0.29, 0.717) is 49.9 Å². The van der Waals surface area contributed by atoms with Crippen molar-refractivity contribution in [1.82, 2.24) is 9.88 Å². The van der Waals surface area contributed by atoms with Gasteiger partial charge >= 0.3 is 5.97 Å². The third-order valence-electron chi connectivity index (χ3n) is 6.85. The van der Waals surface area contributed by atoms with Crippen LogP contribution >= 0.6 is 0 Å². The number of oxazole rings is 1. The van der Waals surface area contributed by atoms with Crippen LogP contribution in [0.4, 0.5) is 5.69 Å². The van der Waals surface area contributed by atoms with Crippen molar-refractivity contribution in [3.05, 3.63) is 59.8 Å². The summed E-state index contributed by atoms with van der Waals surface area (Å²) in [5.74, 6) is 0.327. The number of amides is 1. The van der Waals surface area contributed by atoms with Crippen molar-refractivity contribution in [1.29, 1.82) is 0 Å². The Morgan fingerprint density at radius 3 is 2.32 bits per heavy atom. The van der Waals surface area contributed by atoms with Gasteiger partial charge in [0.2, 0.25) is 5.89 Å². The first-order valence-corrected chi connectivity index (χ1v) is 12.9. The number of esters is 1. The van der Waals surface area contributed by atoms with Crippen LogP contribution in [0.3, 0.4) is 0 Å². The fourth-order valence-electron chi connectivity index (χ4n) is 4.55. The van der Waals surface area contributed by atoms with E-state index in [-0.39, 0.29) is 23.2 Å². The molecule has 0 spiro atoms. The lowest BCUT2D eigenvalue weighted by Crippen LogP contribution is -2.41. The van der Waals surface area contributed by atoms with E-state index in [2.05, 4.69) is 32.9 Å². The molecule has 0 bridgehead atoms. The minimum Gasteiger partial charge on any atom is -0.466 e. The Balaban J connectivity index is 1.68. The fourth-order valence-corrected chi connectivity index (χ4v) is 4.55. The van der Waals surface area contributed by atoms with Gasteiger partial charge in [0, 0.05) is 44.0 Å².